The molecule has 2 N–H and O–H groups in total. The Hall–Kier alpha value is -3.93. The molecule has 6 rings (SSSR count). The number of hydrogen-bond donors (Lipinski definition) is 1. The van der Waals surface area contributed by atoms with Crippen molar-refractivity contribution in [3.63, 3.8) is 0 Å². The van der Waals surface area contributed by atoms with Crippen molar-refractivity contribution < 1.29 is 46.2 Å². The highest BCUT2D eigenvalue weighted by atomic mass is 35.5. The van der Waals surface area contributed by atoms with Gasteiger partial charge in [0.2, 0.25) is 5.60 Å². The number of phosphoric acid groups is 1. The number of nitrogens with two attached hydrogens (primary N) is 1. The van der Waals surface area contributed by atoms with E-state index >= 15 is 0 Å². The zero-order valence-electron chi connectivity index (χ0n) is 40.8. The Morgan fingerprint density at radius 2 is 1.58 bits per heavy atom. The molecule has 0 saturated carbocycles. The quantitative estimate of drug-likeness (QED) is 0.0554. The second kappa shape index (κ2) is 26.0. The maximum absolute atomic E-state index is 15.0. The summed E-state index contributed by atoms with van der Waals surface area (Å²) in [5.41, 5.74) is 4.29. The summed E-state index contributed by atoms with van der Waals surface area (Å²) in [6.07, 6.45) is 19.9. The number of unbranched alkanes of at least 4 members (excludes halogenated alkanes) is 15. The summed E-state index contributed by atoms with van der Waals surface area (Å²) in [4.78, 5) is 4.12. The number of nitrogens with zero attached hydrogens (tertiary/aromatic N) is 5. The standard InChI is InChI=1S/C51H71ClFN6O9P/c1-5-6-7-8-9-10-11-12-13-14-15-16-17-18-19-22-29-61-33-40(62-32-39-26-25-38(31-54)30-42(39)53)34-63-69(60,68-44-24-21-20-23-41(44)52)64-35-45-46-47(67-49(2,3)66-46)51(36-55,65-45)50(4)28-27-43-48(56)57-37-58-59(43)50/h20-21,23-27,30,37,40,45-47H,5-19,22,28-29,32-35H2,1-4H3,(H2,56,57,58)/t40-,45-,46-,47-,50?,51-,69?/m1/s1. The Bertz CT molecular complexity index is 2220. The molecule has 4 heterocycles. The van der Waals surface area contributed by atoms with Crippen LogP contribution in [0, 0.1) is 28.5 Å². The first-order valence-corrected chi connectivity index (χ1v) is 26.6. The maximum Gasteiger partial charge on any atom is 0.530 e. The van der Waals surface area contributed by atoms with Gasteiger partial charge in [-0.3, -0.25) is 14.1 Å². The molecule has 2 fully saturated rings. The van der Waals surface area contributed by atoms with E-state index in [1.165, 1.54) is 108 Å². The van der Waals surface area contributed by atoms with E-state index in [9.17, 15) is 19.5 Å². The Morgan fingerprint density at radius 3 is 2.22 bits per heavy atom. The van der Waals surface area contributed by atoms with Crippen molar-refractivity contribution in [1.29, 1.82) is 10.5 Å². The van der Waals surface area contributed by atoms with Gasteiger partial charge in [-0.25, -0.2) is 13.9 Å². The van der Waals surface area contributed by atoms with Crippen LogP contribution in [0.5, 0.6) is 5.75 Å². The SMILES string of the molecule is CCCCCCCCCCCCCCCCCCOC[C@H](COP(=O)(OC[C@H]1O[C@@](C#N)(C2(C)CC=C3C(N)=NC=NN32)[C@@H]2OC(C)(C)O[C@@H]21)Oc1ccccc1Cl)OCc1ccc(C#N)cc1F. The summed E-state index contributed by atoms with van der Waals surface area (Å²) >= 11 is 6.48. The van der Waals surface area contributed by atoms with Crippen LogP contribution in [0.1, 0.15) is 148 Å². The third-order valence-electron chi connectivity index (χ3n) is 13.2. The summed E-state index contributed by atoms with van der Waals surface area (Å²) in [6, 6.07) is 14.9. The summed E-state index contributed by atoms with van der Waals surface area (Å²) in [5.74, 6) is -1.47. The van der Waals surface area contributed by atoms with Gasteiger partial charge in [0.05, 0.1) is 48.8 Å². The molecule has 0 amide bonds. The summed E-state index contributed by atoms with van der Waals surface area (Å²) in [6.45, 7) is 7.02. The lowest BCUT2D eigenvalue weighted by Crippen LogP contribution is -2.64. The van der Waals surface area contributed by atoms with E-state index in [1.807, 2.05) is 19.1 Å². The van der Waals surface area contributed by atoms with Crippen LogP contribution in [0.4, 0.5) is 4.39 Å². The third-order valence-corrected chi connectivity index (χ3v) is 14.8. The smallest absolute Gasteiger partial charge is 0.402 e. The Balaban J connectivity index is 1.07. The predicted molar refractivity (Wildman–Crippen MR) is 262 cm³/mol. The molecule has 0 radical (unpaired) electrons. The molecule has 18 heteroatoms. The lowest BCUT2D eigenvalue weighted by Gasteiger charge is -2.46. The molecule has 7 atom stereocenters. The highest BCUT2D eigenvalue weighted by Gasteiger charge is 2.72. The topological polar surface area (TPSA) is 192 Å². The van der Waals surface area contributed by atoms with Crippen molar-refractivity contribution in [1.82, 2.24) is 5.01 Å². The molecular weight excluding hydrogens is 926 g/mol. The Morgan fingerprint density at radius 1 is 0.913 bits per heavy atom. The monoisotopic (exact) mass is 996 g/mol. The molecule has 4 aliphatic heterocycles. The number of hydrogen-bond acceptors (Lipinski definition) is 15. The Labute approximate surface area is 413 Å². The van der Waals surface area contributed by atoms with Gasteiger partial charge in [0.25, 0.3) is 0 Å². The van der Waals surface area contributed by atoms with Gasteiger partial charge in [0, 0.05) is 12.2 Å². The van der Waals surface area contributed by atoms with Gasteiger partial charge >= 0.3 is 7.82 Å². The molecule has 2 aromatic carbocycles. The van der Waals surface area contributed by atoms with E-state index in [-0.39, 0.29) is 47.6 Å². The number of phosphoric ester groups is 1. The van der Waals surface area contributed by atoms with E-state index in [2.05, 4.69) is 23.1 Å². The van der Waals surface area contributed by atoms with Gasteiger partial charge in [0.1, 0.15) is 53.9 Å². The van der Waals surface area contributed by atoms with E-state index in [1.54, 1.807) is 37.1 Å². The molecule has 0 spiro atoms. The number of fused-ring (bicyclic) bond motifs is 2. The maximum atomic E-state index is 15.0. The second-order valence-electron chi connectivity index (χ2n) is 18.9. The van der Waals surface area contributed by atoms with Crippen LogP contribution >= 0.6 is 19.4 Å². The van der Waals surface area contributed by atoms with Crippen molar-refractivity contribution in [2.75, 3.05) is 26.4 Å². The van der Waals surface area contributed by atoms with Gasteiger partial charge in [-0.15, -0.1) is 0 Å². The van der Waals surface area contributed by atoms with Crippen molar-refractivity contribution in [2.24, 2.45) is 15.8 Å². The number of benzene rings is 2. The summed E-state index contributed by atoms with van der Waals surface area (Å²) < 4.78 is 79.6. The fourth-order valence-electron chi connectivity index (χ4n) is 9.29. The largest absolute Gasteiger partial charge is 0.530 e. The van der Waals surface area contributed by atoms with Gasteiger partial charge in [-0.2, -0.15) is 15.6 Å². The molecule has 2 unspecified atom stereocenters. The van der Waals surface area contributed by atoms with E-state index in [4.69, 9.17) is 54.6 Å². The molecular formula is C51H71ClFN6O9P. The molecule has 2 saturated heterocycles. The minimum Gasteiger partial charge on any atom is -0.402 e. The number of halogens is 2. The van der Waals surface area contributed by atoms with Gasteiger partial charge in [-0.1, -0.05) is 139 Å². The van der Waals surface area contributed by atoms with Gasteiger partial charge in [-0.05, 0) is 57.9 Å². The van der Waals surface area contributed by atoms with Crippen molar-refractivity contribution in [2.45, 2.75) is 185 Å². The molecule has 0 bridgehead atoms. The van der Waals surface area contributed by atoms with Crippen LogP contribution in [-0.2, 0) is 43.9 Å². The number of nitriles is 2. The molecule has 69 heavy (non-hydrogen) atoms. The molecule has 2 aromatic rings. The zero-order chi connectivity index (χ0) is 49.3. The highest BCUT2D eigenvalue weighted by molar-refractivity contribution is 7.49. The van der Waals surface area contributed by atoms with E-state index < -0.39 is 61.6 Å². The third kappa shape index (κ3) is 14.4. The van der Waals surface area contributed by atoms with Crippen LogP contribution in [-0.4, -0.2) is 85.0 Å². The second-order valence-corrected chi connectivity index (χ2v) is 20.9. The first-order chi connectivity index (χ1) is 33.3. The lowest BCUT2D eigenvalue weighted by atomic mass is 9.76. The normalized spacial score (nSPS) is 24.8. The van der Waals surface area contributed by atoms with Crippen molar-refractivity contribution >= 4 is 31.6 Å². The molecule has 0 aliphatic carbocycles. The first-order valence-electron chi connectivity index (χ1n) is 24.8. The van der Waals surface area contributed by atoms with Gasteiger partial charge < -0.3 is 33.9 Å². The molecule has 0 aromatic heterocycles. The van der Waals surface area contributed by atoms with Gasteiger partial charge in [0.15, 0.2) is 11.6 Å². The number of ether oxygens (including phenoxy) is 5. The van der Waals surface area contributed by atoms with E-state index in [0.717, 1.165) is 25.3 Å². The molecule has 4 aliphatic rings. The minimum absolute atomic E-state index is 0.0198. The molecule has 15 nitrogen and oxygen atoms in total. The van der Waals surface area contributed by atoms with E-state index in [0.29, 0.717) is 18.7 Å². The van der Waals surface area contributed by atoms with Crippen LogP contribution < -0.4 is 10.3 Å². The average Bonchev–Trinajstić information content (AvgIpc) is 3.96. The fourth-order valence-corrected chi connectivity index (χ4v) is 10.8. The average molecular weight is 998 g/mol. The number of amidine groups is 1. The van der Waals surface area contributed by atoms with Crippen LogP contribution in [0.15, 0.2) is 64.3 Å². The van der Waals surface area contributed by atoms with Crippen molar-refractivity contribution in [3.8, 4) is 17.9 Å². The number of rotatable bonds is 31. The number of aliphatic imine (C=N–C) groups is 1. The number of hydrazone groups is 1. The Kier molecular flexibility index (Phi) is 20.5. The minimum atomic E-state index is -4.63. The van der Waals surface area contributed by atoms with Crippen LogP contribution in [0.25, 0.3) is 0 Å². The lowest BCUT2D eigenvalue weighted by molar-refractivity contribution is -0.220. The first kappa shape index (κ1) is 54.4. The zero-order valence-corrected chi connectivity index (χ0v) is 42.4. The van der Waals surface area contributed by atoms with Crippen LogP contribution in [0.2, 0.25) is 5.02 Å². The predicted octanol–water partition coefficient (Wildman–Crippen LogP) is 11.6. The molecule has 378 valence electrons. The van der Waals surface area contributed by atoms with Crippen LogP contribution in [0.3, 0.4) is 0 Å². The summed E-state index contributed by atoms with van der Waals surface area (Å²) in [7, 11) is -4.63. The fraction of sp³-hybridized carbons (Fsp3) is 0.647. The van der Waals surface area contributed by atoms with Crippen molar-refractivity contribution in [3.05, 3.63) is 76.2 Å². The number of para-hydroxylation sites is 1. The summed E-state index contributed by atoms with van der Waals surface area (Å²) in [5, 5.41) is 26.5. The highest BCUT2D eigenvalue weighted by Crippen LogP contribution is 2.56.